The highest BCUT2D eigenvalue weighted by molar-refractivity contribution is 5.94. The smallest absolute Gasteiger partial charge is 0.253 e. The molecule has 2 aliphatic rings. The Morgan fingerprint density at radius 2 is 1.76 bits per heavy atom. The van der Waals surface area contributed by atoms with Crippen LogP contribution in [0.25, 0.3) is 0 Å². The van der Waals surface area contributed by atoms with E-state index in [1.807, 2.05) is 35.2 Å². The minimum absolute atomic E-state index is 0.196. The number of nitrogens with zero attached hydrogens (tertiary/aromatic N) is 1. The maximum atomic E-state index is 12.3. The van der Waals surface area contributed by atoms with Gasteiger partial charge in [-0.15, -0.1) is 0 Å². The lowest BCUT2D eigenvalue weighted by Gasteiger charge is -2.41. The number of benzene rings is 1. The molecule has 3 heteroatoms. The van der Waals surface area contributed by atoms with Crippen molar-refractivity contribution in [2.45, 2.75) is 6.42 Å². The fraction of sp³-hybridized carbons (Fsp3) is 0.500. The molecule has 3 nitrogen and oxygen atoms in total. The number of piperidine rings is 2. The Labute approximate surface area is 102 Å². The molecule has 0 aliphatic carbocycles. The number of hydrogen-bond donors (Lipinski definition) is 1. The Morgan fingerprint density at radius 1 is 1.12 bits per heavy atom. The van der Waals surface area contributed by atoms with Crippen LogP contribution in [0.1, 0.15) is 16.8 Å². The molecule has 2 saturated heterocycles. The first-order chi connectivity index (χ1) is 8.33. The molecule has 2 fully saturated rings. The van der Waals surface area contributed by atoms with E-state index in [9.17, 15) is 4.79 Å². The Kier molecular flexibility index (Phi) is 2.85. The Balaban J connectivity index is 1.74. The standard InChI is InChI=1S/C14H18N2O/c17-14(13-4-2-1-3-5-13)16-9-11-6-12(10-16)8-15-7-11/h1-5,11-12,15H,6-10H2/t11-,12+. The molecule has 2 bridgehead atoms. The van der Waals surface area contributed by atoms with Crippen molar-refractivity contribution in [3.8, 4) is 0 Å². The minimum Gasteiger partial charge on any atom is -0.338 e. The van der Waals surface area contributed by atoms with Gasteiger partial charge in [-0.25, -0.2) is 0 Å². The van der Waals surface area contributed by atoms with Crippen LogP contribution in [0.4, 0.5) is 0 Å². The van der Waals surface area contributed by atoms with Crippen LogP contribution in [0.5, 0.6) is 0 Å². The first-order valence-corrected chi connectivity index (χ1v) is 6.38. The van der Waals surface area contributed by atoms with Gasteiger partial charge in [0, 0.05) is 18.7 Å². The highest BCUT2D eigenvalue weighted by Gasteiger charge is 2.32. The number of nitrogens with one attached hydrogen (secondary N) is 1. The largest absolute Gasteiger partial charge is 0.338 e. The van der Waals surface area contributed by atoms with Crippen LogP contribution >= 0.6 is 0 Å². The van der Waals surface area contributed by atoms with Gasteiger partial charge in [-0.05, 0) is 43.5 Å². The summed E-state index contributed by atoms with van der Waals surface area (Å²) in [7, 11) is 0. The monoisotopic (exact) mass is 230 g/mol. The minimum atomic E-state index is 0.196. The summed E-state index contributed by atoms with van der Waals surface area (Å²) in [6.45, 7) is 3.96. The van der Waals surface area contributed by atoms with Gasteiger partial charge in [0.2, 0.25) is 0 Å². The summed E-state index contributed by atoms with van der Waals surface area (Å²) in [6.07, 6.45) is 1.28. The van der Waals surface area contributed by atoms with Crippen LogP contribution < -0.4 is 5.32 Å². The zero-order chi connectivity index (χ0) is 11.7. The highest BCUT2D eigenvalue weighted by Crippen LogP contribution is 2.25. The molecule has 1 N–H and O–H groups in total. The van der Waals surface area contributed by atoms with Gasteiger partial charge in [-0.2, -0.15) is 0 Å². The molecule has 2 atom stereocenters. The fourth-order valence-corrected chi connectivity index (χ4v) is 3.03. The normalized spacial score (nSPS) is 27.9. The number of carbonyl (C=O) groups excluding carboxylic acids is 1. The molecule has 0 radical (unpaired) electrons. The summed E-state index contributed by atoms with van der Waals surface area (Å²) in [4.78, 5) is 14.4. The molecule has 0 aromatic heterocycles. The second kappa shape index (κ2) is 4.49. The van der Waals surface area contributed by atoms with E-state index < -0.39 is 0 Å². The van der Waals surface area contributed by atoms with Crippen molar-refractivity contribution < 1.29 is 4.79 Å². The first kappa shape index (κ1) is 10.8. The van der Waals surface area contributed by atoms with E-state index in [4.69, 9.17) is 0 Å². The van der Waals surface area contributed by atoms with Crippen LogP contribution in [0, 0.1) is 11.8 Å². The van der Waals surface area contributed by atoms with Crippen molar-refractivity contribution in [1.82, 2.24) is 10.2 Å². The van der Waals surface area contributed by atoms with Crippen molar-refractivity contribution in [3.63, 3.8) is 0 Å². The molecule has 1 amide bonds. The van der Waals surface area contributed by atoms with Crippen LogP contribution in [-0.2, 0) is 0 Å². The Morgan fingerprint density at radius 3 is 2.41 bits per heavy atom. The quantitative estimate of drug-likeness (QED) is 0.790. The van der Waals surface area contributed by atoms with Crippen LogP contribution in [0.15, 0.2) is 30.3 Å². The molecule has 3 rings (SSSR count). The van der Waals surface area contributed by atoms with Crippen LogP contribution in [0.2, 0.25) is 0 Å². The van der Waals surface area contributed by atoms with E-state index >= 15 is 0 Å². The van der Waals surface area contributed by atoms with Crippen LogP contribution in [0.3, 0.4) is 0 Å². The second-order valence-corrected chi connectivity index (χ2v) is 5.20. The van der Waals surface area contributed by atoms with Crippen molar-refractivity contribution in [2.75, 3.05) is 26.2 Å². The number of rotatable bonds is 1. The van der Waals surface area contributed by atoms with E-state index in [0.717, 1.165) is 31.7 Å². The molecule has 1 aromatic rings. The van der Waals surface area contributed by atoms with E-state index in [1.165, 1.54) is 6.42 Å². The average Bonchev–Trinajstić information content (AvgIpc) is 2.38. The van der Waals surface area contributed by atoms with Gasteiger partial charge in [0.05, 0.1) is 0 Å². The van der Waals surface area contributed by atoms with E-state index in [0.29, 0.717) is 11.8 Å². The van der Waals surface area contributed by atoms with Gasteiger partial charge in [0.25, 0.3) is 5.91 Å². The molecule has 17 heavy (non-hydrogen) atoms. The summed E-state index contributed by atoms with van der Waals surface area (Å²) in [5.41, 5.74) is 0.820. The summed E-state index contributed by atoms with van der Waals surface area (Å²) in [5, 5.41) is 3.45. The number of carbonyl (C=O) groups is 1. The number of hydrogen-bond acceptors (Lipinski definition) is 2. The van der Waals surface area contributed by atoms with Gasteiger partial charge in [0.15, 0.2) is 0 Å². The molecule has 0 saturated carbocycles. The third kappa shape index (κ3) is 2.20. The van der Waals surface area contributed by atoms with Crippen molar-refractivity contribution in [2.24, 2.45) is 11.8 Å². The van der Waals surface area contributed by atoms with Gasteiger partial charge in [-0.3, -0.25) is 4.79 Å². The van der Waals surface area contributed by atoms with Gasteiger partial charge < -0.3 is 10.2 Å². The van der Waals surface area contributed by atoms with Crippen molar-refractivity contribution >= 4 is 5.91 Å². The predicted octanol–water partition coefficient (Wildman–Crippen LogP) is 1.37. The molecular weight excluding hydrogens is 212 g/mol. The summed E-state index contributed by atoms with van der Waals surface area (Å²) >= 11 is 0. The SMILES string of the molecule is O=C(c1ccccc1)N1C[C@@H]2CNC[C@@H](C2)C1. The van der Waals surface area contributed by atoms with Crippen molar-refractivity contribution in [1.29, 1.82) is 0 Å². The lowest BCUT2D eigenvalue weighted by molar-refractivity contribution is 0.0538. The fourth-order valence-electron chi connectivity index (χ4n) is 3.03. The summed E-state index contributed by atoms with van der Waals surface area (Å²) < 4.78 is 0. The molecule has 0 spiro atoms. The molecular formula is C14H18N2O. The van der Waals surface area contributed by atoms with E-state index in [1.54, 1.807) is 0 Å². The Bertz CT molecular complexity index is 392. The highest BCUT2D eigenvalue weighted by atomic mass is 16.2. The first-order valence-electron chi connectivity index (χ1n) is 6.38. The molecule has 2 aliphatic heterocycles. The Hall–Kier alpha value is -1.35. The zero-order valence-electron chi connectivity index (χ0n) is 9.93. The number of amides is 1. The molecule has 1 aromatic carbocycles. The summed E-state index contributed by atoms with van der Waals surface area (Å²) in [5.74, 6) is 1.49. The lowest BCUT2D eigenvalue weighted by atomic mass is 9.85. The number of likely N-dealkylation sites (tertiary alicyclic amines) is 1. The molecule has 90 valence electrons. The lowest BCUT2D eigenvalue weighted by Crippen LogP contribution is -2.52. The average molecular weight is 230 g/mol. The van der Waals surface area contributed by atoms with Gasteiger partial charge in [-0.1, -0.05) is 18.2 Å². The van der Waals surface area contributed by atoms with Gasteiger partial charge >= 0.3 is 0 Å². The van der Waals surface area contributed by atoms with E-state index in [2.05, 4.69) is 5.32 Å². The second-order valence-electron chi connectivity index (χ2n) is 5.20. The third-order valence-corrected chi connectivity index (χ3v) is 3.80. The maximum Gasteiger partial charge on any atom is 0.253 e. The summed E-state index contributed by atoms with van der Waals surface area (Å²) in [6, 6.07) is 9.63. The maximum absolute atomic E-state index is 12.3. The van der Waals surface area contributed by atoms with Crippen molar-refractivity contribution in [3.05, 3.63) is 35.9 Å². The predicted molar refractivity (Wildman–Crippen MR) is 66.8 cm³/mol. The van der Waals surface area contributed by atoms with E-state index in [-0.39, 0.29) is 5.91 Å². The van der Waals surface area contributed by atoms with Gasteiger partial charge in [0.1, 0.15) is 0 Å². The molecule has 2 heterocycles. The molecule has 0 unspecified atom stereocenters. The third-order valence-electron chi connectivity index (χ3n) is 3.80. The topological polar surface area (TPSA) is 32.3 Å². The number of fused-ring (bicyclic) bond motifs is 2. The zero-order valence-corrected chi connectivity index (χ0v) is 9.93. The van der Waals surface area contributed by atoms with Crippen LogP contribution in [-0.4, -0.2) is 37.0 Å².